The van der Waals surface area contributed by atoms with Gasteiger partial charge in [-0.25, -0.2) is 5.11 Å². The third-order valence-electron chi connectivity index (χ3n) is 2.03. The van der Waals surface area contributed by atoms with Crippen molar-refractivity contribution >= 4 is 0 Å². The molecule has 0 spiro atoms. The molecule has 1 rings (SSSR count). The van der Waals surface area contributed by atoms with E-state index in [1.54, 1.807) is 0 Å². The van der Waals surface area contributed by atoms with Crippen molar-refractivity contribution in [2.45, 2.75) is 26.7 Å². The Morgan fingerprint density at radius 2 is 1.92 bits per heavy atom. The molecule has 0 saturated carbocycles. The number of hydrogen-bond acceptors (Lipinski definition) is 0. The average Bonchev–Trinajstić information content (AvgIpc) is 2.04. The molecule has 0 unspecified atom stereocenters. The van der Waals surface area contributed by atoms with Crippen LogP contribution in [-0.4, -0.2) is 6.61 Å². The SMILES string of the molecule is CC(C)Cc1cccc(CC[O])c1. The van der Waals surface area contributed by atoms with Crippen LogP contribution in [0.1, 0.15) is 25.0 Å². The van der Waals surface area contributed by atoms with E-state index >= 15 is 0 Å². The van der Waals surface area contributed by atoms with Crippen LogP contribution in [0.5, 0.6) is 0 Å². The minimum atomic E-state index is -0.00880. The van der Waals surface area contributed by atoms with Crippen LogP contribution in [0.2, 0.25) is 0 Å². The summed E-state index contributed by atoms with van der Waals surface area (Å²) in [6.45, 7) is 4.41. The van der Waals surface area contributed by atoms with Crippen molar-refractivity contribution in [2.24, 2.45) is 5.92 Å². The molecular formula is C12H17O. The highest BCUT2D eigenvalue weighted by molar-refractivity contribution is 5.23. The Hall–Kier alpha value is -0.820. The van der Waals surface area contributed by atoms with Crippen molar-refractivity contribution in [3.63, 3.8) is 0 Å². The zero-order chi connectivity index (χ0) is 9.68. The lowest BCUT2D eigenvalue weighted by molar-refractivity contribution is 0.197. The first-order chi connectivity index (χ1) is 6.22. The van der Waals surface area contributed by atoms with Crippen molar-refractivity contribution in [3.8, 4) is 0 Å². The predicted molar refractivity (Wildman–Crippen MR) is 54.2 cm³/mol. The maximum Gasteiger partial charge on any atom is 0.0862 e. The van der Waals surface area contributed by atoms with E-state index in [1.165, 1.54) is 11.1 Å². The average molecular weight is 177 g/mol. The molecule has 1 aromatic carbocycles. The van der Waals surface area contributed by atoms with E-state index < -0.39 is 0 Å². The fourth-order valence-electron chi connectivity index (χ4n) is 1.50. The third-order valence-corrected chi connectivity index (χ3v) is 2.03. The molecule has 0 heterocycles. The second-order valence-corrected chi connectivity index (χ2v) is 3.87. The van der Waals surface area contributed by atoms with Crippen LogP contribution in [0.15, 0.2) is 24.3 Å². The quantitative estimate of drug-likeness (QED) is 0.674. The van der Waals surface area contributed by atoms with E-state index in [9.17, 15) is 5.11 Å². The summed E-state index contributed by atoms with van der Waals surface area (Å²) in [5, 5.41) is 10.4. The van der Waals surface area contributed by atoms with Crippen molar-refractivity contribution in [3.05, 3.63) is 35.4 Å². The fourth-order valence-corrected chi connectivity index (χ4v) is 1.50. The molecule has 0 N–H and O–H groups in total. The summed E-state index contributed by atoms with van der Waals surface area (Å²) in [4.78, 5) is 0. The monoisotopic (exact) mass is 177 g/mol. The van der Waals surface area contributed by atoms with Crippen molar-refractivity contribution in [1.82, 2.24) is 0 Å². The van der Waals surface area contributed by atoms with Gasteiger partial charge in [0.2, 0.25) is 0 Å². The maximum absolute atomic E-state index is 10.4. The van der Waals surface area contributed by atoms with Crippen LogP contribution >= 0.6 is 0 Å². The molecule has 0 amide bonds. The van der Waals surface area contributed by atoms with E-state index in [0.717, 1.165) is 6.42 Å². The van der Waals surface area contributed by atoms with Crippen LogP contribution in [0.4, 0.5) is 0 Å². The molecule has 0 aliphatic heterocycles. The van der Waals surface area contributed by atoms with Crippen molar-refractivity contribution < 1.29 is 5.11 Å². The lowest BCUT2D eigenvalue weighted by atomic mass is 10.0. The molecule has 1 heteroatoms. The normalized spacial score (nSPS) is 10.8. The highest BCUT2D eigenvalue weighted by atomic mass is 16.2. The van der Waals surface area contributed by atoms with E-state index in [4.69, 9.17) is 0 Å². The van der Waals surface area contributed by atoms with Gasteiger partial charge in [-0.3, -0.25) is 0 Å². The summed E-state index contributed by atoms with van der Waals surface area (Å²) in [5.41, 5.74) is 2.52. The Labute approximate surface area is 80.4 Å². The second kappa shape index (κ2) is 5.03. The molecule has 71 valence electrons. The topological polar surface area (TPSA) is 19.9 Å². The van der Waals surface area contributed by atoms with Gasteiger partial charge in [-0.2, -0.15) is 0 Å². The van der Waals surface area contributed by atoms with Gasteiger partial charge in [-0.05, 0) is 29.9 Å². The Kier molecular flexibility index (Phi) is 3.97. The highest BCUT2D eigenvalue weighted by Crippen LogP contribution is 2.10. The molecule has 0 aromatic heterocycles. The molecule has 1 aromatic rings. The Morgan fingerprint density at radius 1 is 1.23 bits per heavy atom. The van der Waals surface area contributed by atoms with Gasteiger partial charge in [0, 0.05) is 0 Å². The van der Waals surface area contributed by atoms with Gasteiger partial charge in [0.25, 0.3) is 0 Å². The summed E-state index contributed by atoms with van der Waals surface area (Å²) in [5.74, 6) is 0.683. The van der Waals surface area contributed by atoms with Gasteiger partial charge in [-0.1, -0.05) is 38.1 Å². The Morgan fingerprint density at radius 3 is 2.54 bits per heavy atom. The first-order valence-corrected chi connectivity index (χ1v) is 4.88. The molecule has 0 atom stereocenters. The summed E-state index contributed by atoms with van der Waals surface area (Å²) >= 11 is 0. The predicted octanol–water partition coefficient (Wildman–Crippen LogP) is 2.86. The van der Waals surface area contributed by atoms with E-state index in [0.29, 0.717) is 12.3 Å². The zero-order valence-corrected chi connectivity index (χ0v) is 8.42. The second-order valence-electron chi connectivity index (χ2n) is 3.87. The molecule has 1 nitrogen and oxygen atoms in total. The first-order valence-electron chi connectivity index (χ1n) is 4.88. The summed E-state index contributed by atoms with van der Waals surface area (Å²) in [7, 11) is 0. The smallest absolute Gasteiger partial charge is 0.0862 e. The van der Waals surface area contributed by atoms with Crippen LogP contribution < -0.4 is 0 Å². The number of rotatable bonds is 4. The Balaban J connectivity index is 2.67. The van der Waals surface area contributed by atoms with E-state index in [-0.39, 0.29) is 6.61 Å². The van der Waals surface area contributed by atoms with Gasteiger partial charge in [0.1, 0.15) is 0 Å². The van der Waals surface area contributed by atoms with Crippen LogP contribution in [0.3, 0.4) is 0 Å². The Bertz CT molecular complexity index is 253. The number of benzene rings is 1. The molecule has 0 bridgehead atoms. The largest absolute Gasteiger partial charge is 0.236 e. The van der Waals surface area contributed by atoms with Gasteiger partial charge < -0.3 is 0 Å². The minimum absolute atomic E-state index is 0.00880. The molecule has 0 aliphatic rings. The minimum Gasteiger partial charge on any atom is -0.236 e. The molecule has 0 fully saturated rings. The van der Waals surface area contributed by atoms with Gasteiger partial charge in [0.05, 0.1) is 6.61 Å². The fraction of sp³-hybridized carbons (Fsp3) is 0.500. The summed E-state index contributed by atoms with van der Waals surface area (Å²) in [6.07, 6.45) is 1.76. The zero-order valence-electron chi connectivity index (χ0n) is 8.42. The number of hydrogen-bond donors (Lipinski definition) is 0. The third kappa shape index (κ3) is 3.60. The molecular weight excluding hydrogens is 160 g/mol. The van der Waals surface area contributed by atoms with Crippen LogP contribution in [-0.2, 0) is 17.9 Å². The van der Waals surface area contributed by atoms with Gasteiger partial charge in [0.15, 0.2) is 0 Å². The van der Waals surface area contributed by atoms with Crippen molar-refractivity contribution in [1.29, 1.82) is 0 Å². The molecule has 0 aliphatic carbocycles. The summed E-state index contributed by atoms with van der Waals surface area (Å²) in [6, 6.07) is 8.36. The standard InChI is InChI=1S/C12H17O/c1-10(2)8-12-5-3-4-11(9-12)6-7-13/h3-5,9-10H,6-8H2,1-2H3. The highest BCUT2D eigenvalue weighted by Gasteiger charge is 1.98. The van der Waals surface area contributed by atoms with E-state index in [1.807, 2.05) is 12.1 Å². The summed E-state index contributed by atoms with van der Waals surface area (Å²) < 4.78 is 0. The molecule has 13 heavy (non-hydrogen) atoms. The van der Waals surface area contributed by atoms with Crippen molar-refractivity contribution in [2.75, 3.05) is 6.61 Å². The van der Waals surface area contributed by atoms with Crippen LogP contribution in [0, 0.1) is 5.92 Å². The lowest BCUT2D eigenvalue weighted by Gasteiger charge is -2.06. The van der Waals surface area contributed by atoms with Crippen LogP contribution in [0.25, 0.3) is 0 Å². The molecule has 0 saturated heterocycles. The van der Waals surface area contributed by atoms with Gasteiger partial charge in [-0.15, -0.1) is 0 Å². The molecule has 1 radical (unpaired) electrons. The first kappa shape index (κ1) is 10.3. The maximum atomic E-state index is 10.4. The van der Waals surface area contributed by atoms with E-state index in [2.05, 4.69) is 26.0 Å². The lowest BCUT2D eigenvalue weighted by Crippen LogP contribution is -1.96. The van der Waals surface area contributed by atoms with Gasteiger partial charge >= 0.3 is 0 Å².